The van der Waals surface area contributed by atoms with Gasteiger partial charge in [0.25, 0.3) is 0 Å². The summed E-state index contributed by atoms with van der Waals surface area (Å²) in [6, 6.07) is 8.21. The quantitative estimate of drug-likeness (QED) is 0.863. The summed E-state index contributed by atoms with van der Waals surface area (Å²) in [5, 5.41) is 2.91. The van der Waals surface area contributed by atoms with Crippen LogP contribution in [0.3, 0.4) is 0 Å². The van der Waals surface area contributed by atoms with Crippen LogP contribution in [0.2, 0.25) is 0 Å². The number of nitrogens with zero attached hydrogens (tertiary/aromatic N) is 2. The molecule has 0 saturated carbocycles. The Morgan fingerprint density at radius 3 is 2.60 bits per heavy atom. The molecule has 20 heavy (non-hydrogen) atoms. The molecule has 4 nitrogen and oxygen atoms in total. The Balaban J connectivity index is 2.09. The fourth-order valence-electron chi connectivity index (χ4n) is 1.87. The third-order valence-electron chi connectivity index (χ3n) is 3.11. The minimum atomic E-state index is 0.560. The Bertz CT molecular complexity index is 552. The average molecular weight is 271 g/mol. The largest absolute Gasteiger partial charge is 0.439 e. The Kier molecular flexibility index (Phi) is 4.93. The lowest BCUT2D eigenvalue weighted by Gasteiger charge is -2.09. The zero-order valence-corrected chi connectivity index (χ0v) is 12.3. The first kappa shape index (κ1) is 14.3. The van der Waals surface area contributed by atoms with Gasteiger partial charge in [-0.1, -0.05) is 25.5 Å². The van der Waals surface area contributed by atoms with Gasteiger partial charge in [-0.25, -0.2) is 4.98 Å². The number of hydrogen-bond acceptors (Lipinski definition) is 4. The Labute approximate surface area is 120 Å². The third-order valence-corrected chi connectivity index (χ3v) is 3.11. The number of unbranched alkanes of at least 4 members (excludes halogenated alkanes) is 1. The second-order valence-corrected chi connectivity index (χ2v) is 4.78. The van der Waals surface area contributed by atoms with Crippen molar-refractivity contribution in [2.24, 2.45) is 0 Å². The molecule has 0 amide bonds. The maximum Gasteiger partial charge on any atom is 0.226 e. The molecule has 106 valence electrons. The highest BCUT2D eigenvalue weighted by molar-refractivity contribution is 5.36. The SMILES string of the molecule is CCCCc1ccc(Oc2nc(NC)ncc2C)cc1. The van der Waals surface area contributed by atoms with E-state index in [4.69, 9.17) is 4.74 Å². The number of benzene rings is 1. The molecule has 1 aromatic heterocycles. The van der Waals surface area contributed by atoms with E-state index >= 15 is 0 Å². The lowest BCUT2D eigenvalue weighted by atomic mass is 10.1. The molecule has 2 rings (SSSR count). The Hall–Kier alpha value is -2.10. The molecule has 0 aliphatic rings. The molecule has 2 aromatic rings. The van der Waals surface area contributed by atoms with Gasteiger partial charge in [-0.15, -0.1) is 0 Å². The van der Waals surface area contributed by atoms with Gasteiger partial charge < -0.3 is 10.1 Å². The van der Waals surface area contributed by atoms with Crippen LogP contribution in [-0.2, 0) is 6.42 Å². The number of hydrogen-bond donors (Lipinski definition) is 1. The van der Waals surface area contributed by atoms with Gasteiger partial charge in [0.15, 0.2) is 0 Å². The van der Waals surface area contributed by atoms with Crippen LogP contribution in [0.5, 0.6) is 11.6 Å². The van der Waals surface area contributed by atoms with E-state index < -0.39 is 0 Å². The highest BCUT2D eigenvalue weighted by Crippen LogP contribution is 2.23. The molecule has 0 radical (unpaired) electrons. The smallest absolute Gasteiger partial charge is 0.226 e. The summed E-state index contributed by atoms with van der Waals surface area (Å²) in [6.45, 7) is 4.14. The van der Waals surface area contributed by atoms with Crippen molar-refractivity contribution in [3.63, 3.8) is 0 Å². The summed E-state index contributed by atoms with van der Waals surface area (Å²) in [5.74, 6) is 1.95. The van der Waals surface area contributed by atoms with Gasteiger partial charge in [-0.05, 0) is 37.5 Å². The summed E-state index contributed by atoms with van der Waals surface area (Å²) in [6.07, 6.45) is 5.30. The predicted octanol–water partition coefficient (Wildman–Crippen LogP) is 3.96. The summed E-state index contributed by atoms with van der Waals surface area (Å²) in [5.41, 5.74) is 2.26. The number of nitrogens with one attached hydrogen (secondary N) is 1. The minimum Gasteiger partial charge on any atom is -0.439 e. The van der Waals surface area contributed by atoms with Crippen LogP contribution >= 0.6 is 0 Å². The van der Waals surface area contributed by atoms with E-state index in [9.17, 15) is 0 Å². The van der Waals surface area contributed by atoms with E-state index in [0.29, 0.717) is 11.8 Å². The van der Waals surface area contributed by atoms with Gasteiger partial charge in [0, 0.05) is 18.8 Å². The first-order valence-corrected chi connectivity index (χ1v) is 7.01. The van der Waals surface area contributed by atoms with Crippen LogP contribution in [0.1, 0.15) is 30.9 Å². The summed E-state index contributed by atoms with van der Waals surface area (Å²) in [4.78, 5) is 8.46. The van der Waals surface area contributed by atoms with Crippen molar-refractivity contribution in [1.29, 1.82) is 0 Å². The van der Waals surface area contributed by atoms with Crippen molar-refractivity contribution in [2.45, 2.75) is 33.1 Å². The molecule has 0 bridgehead atoms. The third kappa shape index (κ3) is 3.70. The number of aryl methyl sites for hydroxylation is 2. The molecule has 0 unspecified atom stereocenters. The van der Waals surface area contributed by atoms with Gasteiger partial charge in [0.05, 0.1) is 0 Å². The van der Waals surface area contributed by atoms with Crippen LogP contribution in [0.4, 0.5) is 5.95 Å². The molecular weight excluding hydrogens is 250 g/mol. The number of rotatable bonds is 6. The summed E-state index contributed by atoms with van der Waals surface area (Å²) in [7, 11) is 1.79. The molecule has 0 aliphatic carbocycles. The fraction of sp³-hybridized carbons (Fsp3) is 0.375. The molecule has 1 heterocycles. The summed E-state index contributed by atoms with van der Waals surface area (Å²) < 4.78 is 5.82. The zero-order valence-electron chi connectivity index (χ0n) is 12.3. The molecule has 0 fully saturated rings. The number of aromatic nitrogens is 2. The van der Waals surface area contributed by atoms with Gasteiger partial charge in [-0.3, -0.25) is 0 Å². The fourth-order valence-corrected chi connectivity index (χ4v) is 1.87. The molecule has 1 N–H and O–H groups in total. The maximum atomic E-state index is 5.82. The molecule has 0 spiro atoms. The van der Waals surface area contributed by atoms with E-state index in [-0.39, 0.29) is 0 Å². The molecular formula is C16H21N3O. The molecule has 0 saturated heterocycles. The number of anilines is 1. The first-order chi connectivity index (χ1) is 9.72. The highest BCUT2D eigenvalue weighted by atomic mass is 16.5. The van der Waals surface area contributed by atoms with Crippen molar-refractivity contribution in [1.82, 2.24) is 9.97 Å². The molecule has 0 aliphatic heterocycles. The second-order valence-electron chi connectivity index (χ2n) is 4.78. The summed E-state index contributed by atoms with van der Waals surface area (Å²) >= 11 is 0. The van der Waals surface area contributed by atoms with Crippen LogP contribution in [0, 0.1) is 6.92 Å². The van der Waals surface area contributed by atoms with Gasteiger partial charge in [0.2, 0.25) is 11.8 Å². The minimum absolute atomic E-state index is 0.560. The lowest BCUT2D eigenvalue weighted by Crippen LogP contribution is -1.99. The van der Waals surface area contributed by atoms with Crippen LogP contribution in [0.25, 0.3) is 0 Å². The number of ether oxygens (including phenoxy) is 1. The van der Waals surface area contributed by atoms with Gasteiger partial charge in [0.1, 0.15) is 5.75 Å². The van der Waals surface area contributed by atoms with E-state index in [1.54, 1.807) is 13.2 Å². The molecule has 0 atom stereocenters. The normalized spacial score (nSPS) is 10.3. The second kappa shape index (κ2) is 6.89. The molecule has 1 aromatic carbocycles. The van der Waals surface area contributed by atoms with E-state index in [1.807, 2.05) is 19.1 Å². The van der Waals surface area contributed by atoms with Crippen molar-refractivity contribution < 1.29 is 4.74 Å². The lowest BCUT2D eigenvalue weighted by molar-refractivity contribution is 0.458. The standard InChI is InChI=1S/C16H21N3O/c1-4-5-6-13-7-9-14(10-8-13)20-15-12(2)11-18-16(17-3)19-15/h7-11H,4-6H2,1-3H3,(H,17,18,19). The van der Waals surface area contributed by atoms with E-state index in [1.165, 1.54) is 18.4 Å². The van der Waals surface area contributed by atoms with Crippen molar-refractivity contribution in [3.05, 3.63) is 41.6 Å². The topological polar surface area (TPSA) is 47.0 Å². The Morgan fingerprint density at radius 2 is 1.95 bits per heavy atom. The van der Waals surface area contributed by atoms with Crippen LogP contribution < -0.4 is 10.1 Å². The Morgan fingerprint density at radius 1 is 1.20 bits per heavy atom. The molecule has 4 heteroatoms. The monoisotopic (exact) mass is 271 g/mol. The van der Waals surface area contributed by atoms with Crippen LogP contribution in [0.15, 0.2) is 30.5 Å². The van der Waals surface area contributed by atoms with Gasteiger partial charge in [-0.2, -0.15) is 4.98 Å². The maximum absolute atomic E-state index is 5.82. The highest BCUT2D eigenvalue weighted by Gasteiger charge is 2.05. The van der Waals surface area contributed by atoms with Crippen LogP contribution in [-0.4, -0.2) is 17.0 Å². The van der Waals surface area contributed by atoms with Gasteiger partial charge >= 0.3 is 0 Å². The average Bonchev–Trinajstić information content (AvgIpc) is 2.49. The first-order valence-electron chi connectivity index (χ1n) is 7.01. The van der Waals surface area contributed by atoms with Crippen molar-refractivity contribution >= 4 is 5.95 Å². The van der Waals surface area contributed by atoms with Crippen molar-refractivity contribution in [2.75, 3.05) is 12.4 Å². The van der Waals surface area contributed by atoms with Crippen molar-refractivity contribution in [3.8, 4) is 11.6 Å². The zero-order chi connectivity index (χ0) is 14.4. The van der Waals surface area contributed by atoms with E-state index in [0.717, 1.165) is 17.7 Å². The predicted molar refractivity (Wildman–Crippen MR) is 81.4 cm³/mol. The van der Waals surface area contributed by atoms with E-state index in [2.05, 4.69) is 34.3 Å².